The number of anilines is 1. The molecule has 0 saturated carbocycles. The second kappa shape index (κ2) is 5.46. The highest BCUT2D eigenvalue weighted by atomic mass is 127. The molecule has 2 rings (SSSR count). The van der Waals surface area contributed by atoms with Gasteiger partial charge in [0.05, 0.1) is 10.6 Å². The van der Waals surface area contributed by atoms with Crippen LogP contribution in [0, 0.1) is 16.3 Å². The molecule has 0 saturated heterocycles. The van der Waals surface area contributed by atoms with Gasteiger partial charge in [0.15, 0.2) is 0 Å². The predicted octanol–water partition coefficient (Wildman–Crippen LogP) is 3.54. The molecule has 2 aromatic carbocycles. The summed E-state index contributed by atoms with van der Waals surface area (Å²) in [6.07, 6.45) is 0. The molecular formula is C13H11FINO2S. The minimum absolute atomic E-state index is 0.179. The van der Waals surface area contributed by atoms with Crippen molar-refractivity contribution in [2.45, 2.75) is 11.8 Å². The van der Waals surface area contributed by atoms with E-state index >= 15 is 0 Å². The molecule has 0 spiro atoms. The van der Waals surface area contributed by atoms with E-state index < -0.39 is 15.8 Å². The zero-order valence-electron chi connectivity index (χ0n) is 10.0. The number of halogens is 2. The minimum atomic E-state index is -3.64. The van der Waals surface area contributed by atoms with Crippen LogP contribution in [-0.2, 0) is 10.0 Å². The van der Waals surface area contributed by atoms with E-state index in [0.29, 0.717) is 9.26 Å². The van der Waals surface area contributed by atoms with Crippen molar-refractivity contribution in [1.82, 2.24) is 0 Å². The first kappa shape index (κ1) is 14.3. The van der Waals surface area contributed by atoms with Crippen molar-refractivity contribution in [3.05, 3.63) is 57.4 Å². The molecule has 0 radical (unpaired) electrons. The van der Waals surface area contributed by atoms with Crippen molar-refractivity contribution >= 4 is 38.3 Å². The van der Waals surface area contributed by atoms with Gasteiger partial charge in [-0.3, -0.25) is 4.72 Å². The first-order valence-electron chi connectivity index (χ1n) is 5.43. The predicted molar refractivity (Wildman–Crippen MR) is 81.1 cm³/mol. The van der Waals surface area contributed by atoms with Crippen LogP contribution in [0.3, 0.4) is 0 Å². The summed E-state index contributed by atoms with van der Waals surface area (Å²) >= 11 is 1.88. The molecule has 0 aliphatic carbocycles. The van der Waals surface area contributed by atoms with Gasteiger partial charge in [-0.25, -0.2) is 12.8 Å². The lowest BCUT2D eigenvalue weighted by atomic mass is 10.2. The molecule has 0 aromatic heterocycles. The van der Waals surface area contributed by atoms with Gasteiger partial charge in [-0.1, -0.05) is 17.7 Å². The highest BCUT2D eigenvalue weighted by molar-refractivity contribution is 14.1. The van der Waals surface area contributed by atoms with Crippen LogP contribution >= 0.6 is 22.6 Å². The van der Waals surface area contributed by atoms with Crippen LogP contribution in [0.1, 0.15) is 5.56 Å². The van der Waals surface area contributed by atoms with Crippen molar-refractivity contribution in [3.63, 3.8) is 0 Å². The van der Waals surface area contributed by atoms with Gasteiger partial charge in [-0.2, -0.15) is 0 Å². The quantitative estimate of drug-likeness (QED) is 0.814. The highest BCUT2D eigenvalue weighted by Gasteiger charge is 2.15. The van der Waals surface area contributed by atoms with Crippen molar-refractivity contribution < 1.29 is 12.8 Å². The van der Waals surface area contributed by atoms with Gasteiger partial charge in [-0.05, 0) is 59.8 Å². The number of nitrogens with one attached hydrogen (secondary N) is 1. The highest BCUT2D eigenvalue weighted by Crippen LogP contribution is 2.22. The van der Waals surface area contributed by atoms with Crippen LogP contribution in [0.4, 0.5) is 10.1 Å². The molecule has 3 nitrogen and oxygen atoms in total. The van der Waals surface area contributed by atoms with E-state index in [1.807, 2.05) is 29.5 Å². The Kier molecular flexibility index (Phi) is 4.10. The smallest absolute Gasteiger partial charge is 0.261 e. The summed E-state index contributed by atoms with van der Waals surface area (Å²) in [5.41, 5.74) is 1.35. The fourth-order valence-corrected chi connectivity index (χ4v) is 3.37. The fourth-order valence-electron chi connectivity index (χ4n) is 1.49. The van der Waals surface area contributed by atoms with Gasteiger partial charge >= 0.3 is 0 Å². The summed E-state index contributed by atoms with van der Waals surface area (Å²) in [4.78, 5) is 0.179. The lowest BCUT2D eigenvalue weighted by molar-refractivity contribution is 0.601. The van der Waals surface area contributed by atoms with E-state index in [9.17, 15) is 12.8 Å². The molecule has 19 heavy (non-hydrogen) atoms. The zero-order chi connectivity index (χ0) is 14.0. The van der Waals surface area contributed by atoms with Crippen LogP contribution in [0.15, 0.2) is 47.4 Å². The third kappa shape index (κ3) is 3.44. The minimum Gasteiger partial charge on any atom is -0.279 e. The molecule has 0 atom stereocenters. The lowest BCUT2D eigenvalue weighted by Crippen LogP contribution is -2.13. The topological polar surface area (TPSA) is 46.2 Å². The third-order valence-electron chi connectivity index (χ3n) is 2.51. The Hall–Kier alpha value is -1.15. The number of aryl methyl sites for hydroxylation is 1. The zero-order valence-corrected chi connectivity index (χ0v) is 13.0. The normalized spacial score (nSPS) is 11.3. The van der Waals surface area contributed by atoms with Crippen LogP contribution in [0.5, 0.6) is 0 Å². The van der Waals surface area contributed by atoms with Gasteiger partial charge in [-0.15, -0.1) is 0 Å². The van der Waals surface area contributed by atoms with E-state index in [0.717, 1.165) is 5.56 Å². The summed E-state index contributed by atoms with van der Waals surface area (Å²) in [5.74, 6) is -0.400. The van der Waals surface area contributed by atoms with Crippen molar-refractivity contribution in [3.8, 4) is 0 Å². The first-order chi connectivity index (χ1) is 8.88. The molecule has 0 bridgehead atoms. The molecule has 1 N–H and O–H groups in total. The van der Waals surface area contributed by atoms with Crippen LogP contribution in [-0.4, -0.2) is 8.42 Å². The van der Waals surface area contributed by atoms with Crippen LogP contribution in [0.25, 0.3) is 0 Å². The average Bonchev–Trinajstić information content (AvgIpc) is 2.33. The van der Waals surface area contributed by atoms with Gasteiger partial charge in [0.2, 0.25) is 0 Å². The number of benzene rings is 2. The molecule has 6 heteroatoms. The van der Waals surface area contributed by atoms with E-state index in [-0.39, 0.29) is 4.90 Å². The van der Waals surface area contributed by atoms with Crippen molar-refractivity contribution in [1.29, 1.82) is 0 Å². The van der Waals surface area contributed by atoms with E-state index in [2.05, 4.69) is 4.72 Å². The number of sulfonamides is 1. The molecule has 0 amide bonds. The van der Waals surface area contributed by atoms with Gasteiger partial charge in [0.1, 0.15) is 5.82 Å². The maximum absolute atomic E-state index is 13.0. The van der Waals surface area contributed by atoms with Crippen molar-refractivity contribution in [2.75, 3.05) is 4.72 Å². The molecule has 0 unspecified atom stereocenters. The standard InChI is InChI=1S/C13H11FINO2S/c1-9-2-5-11(6-3-9)19(17,18)16-13-7-4-10(14)8-12(13)15/h2-8,16H,1H3. The Bertz CT molecular complexity index is 699. The summed E-state index contributed by atoms with van der Waals surface area (Å²) < 4.78 is 40.2. The summed E-state index contributed by atoms with van der Waals surface area (Å²) in [6.45, 7) is 1.88. The summed E-state index contributed by atoms with van der Waals surface area (Å²) in [5, 5.41) is 0. The maximum Gasteiger partial charge on any atom is 0.261 e. The molecule has 0 heterocycles. The molecular weight excluding hydrogens is 380 g/mol. The second-order valence-electron chi connectivity index (χ2n) is 4.04. The Balaban J connectivity index is 2.33. The van der Waals surface area contributed by atoms with Gasteiger partial charge in [0, 0.05) is 3.57 Å². The Morgan fingerprint density at radius 1 is 1.11 bits per heavy atom. The van der Waals surface area contributed by atoms with Crippen LogP contribution < -0.4 is 4.72 Å². The Labute approximate surface area is 125 Å². The first-order valence-corrected chi connectivity index (χ1v) is 7.99. The van der Waals surface area contributed by atoms with Gasteiger partial charge in [0.25, 0.3) is 10.0 Å². The molecule has 2 aromatic rings. The van der Waals surface area contributed by atoms with E-state index in [4.69, 9.17) is 0 Å². The fraction of sp³-hybridized carbons (Fsp3) is 0.0769. The lowest BCUT2D eigenvalue weighted by Gasteiger charge is -2.10. The number of hydrogen-bond acceptors (Lipinski definition) is 2. The molecule has 0 aliphatic heterocycles. The maximum atomic E-state index is 13.0. The van der Waals surface area contributed by atoms with Gasteiger partial charge < -0.3 is 0 Å². The largest absolute Gasteiger partial charge is 0.279 e. The number of rotatable bonds is 3. The second-order valence-corrected chi connectivity index (χ2v) is 6.89. The van der Waals surface area contributed by atoms with Crippen molar-refractivity contribution in [2.24, 2.45) is 0 Å². The number of hydrogen-bond donors (Lipinski definition) is 1. The SMILES string of the molecule is Cc1ccc(S(=O)(=O)Nc2ccc(F)cc2I)cc1. The molecule has 0 aliphatic rings. The third-order valence-corrected chi connectivity index (χ3v) is 4.78. The average molecular weight is 391 g/mol. The molecule has 0 fully saturated rings. The van der Waals surface area contributed by atoms with E-state index in [1.54, 1.807) is 12.1 Å². The Morgan fingerprint density at radius 2 is 1.74 bits per heavy atom. The molecule has 100 valence electrons. The summed E-state index contributed by atoms with van der Waals surface area (Å²) in [7, 11) is -3.64. The Morgan fingerprint density at radius 3 is 2.32 bits per heavy atom. The van der Waals surface area contributed by atoms with E-state index in [1.165, 1.54) is 30.3 Å². The summed E-state index contributed by atoms with van der Waals surface area (Å²) in [6, 6.07) is 10.4. The van der Waals surface area contributed by atoms with Crippen LogP contribution in [0.2, 0.25) is 0 Å². The monoisotopic (exact) mass is 391 g/mol.